The van der Waals surface area contributed by atoms with Crippen molar-refractivity contribution in [3.63, 3.8) is 0 Å². The van der Waals surface area contributed by atoms with Gasteiger partial charge in [-0.25, -0.2) is 0 Å². The van der Waals surface area contributed by atoms with E-state index < -0.39 is 0 Å². The van der Waals surface area contributed by atoms with Crippen LogP contribution in [0.3, 0.4) is 0 Å². The van der Waals surface area contributed by atoms with Gasteiger partial charge in [-0.05, 0) is 32.7 Å². The number of hydrogen-bond acceptors (Lipinski definition) is 3. The molecule has 0 atom stereocenters. The SMILES string of the molecule is Brc1noc(Cc2ccccc2Br)n1. The Hall–Kier alpha value is -0.680. The normalized spacial score (nSPS) is 10.4. The van der Waals surface area contributed by atoms with Gasteiger partial charge in [-0.2, -0.15) is 4.98 Å². The lowest BCUT2D eigenvalue weighted by atomic mass is 10.1. The summed E-state index contributed by atoms with van der Waals surface area (Å²) >= 11 is 6.60. The molecular weight excluding hydrogens is 312 g/mol. The highest BCUT2D eigenvalue weighted by Gasteiger charge is 2.06. The third-order valence-electron chi connectivity index (χ3n) is 1.74. The van der Waals surface area contributed by atoms with E-state index in [0.717, 1.165) is 10.0 Å². The van der Waals surface area contributed by atoms with Crippen LogP contribution in [0.5, 0.6) is 0 Å². The Kier molecular flexibility index (Phi) is 2.98. The van der Waals surface area contributed by atoms with Crippen molar-refractivity contribution in [1.29, 1.82) is 0 Å². The van der Waals surface area contributed by atoms with Crippen LogP contribution < -0.4 is 0 Å². The summed E-state index contributed by atoms with van der Waals surface area (Å²) in [6.45, 7) is 0. The van der Waals surface area contributed by atoms with Gasteiger partial charge >= 0.3 is 0 Å². The van der Waals surface area contributed by atoms with Crippen molar-refractivity contribution in [2.24, 2.45) is 0 Å². The molecule has 0 aliphatic carbocycles. The maximum atomic E-state index is 4.99. The lowest BCUT2D eigenvalue weighted by Crippen LogP contribution is -1.88. The van der Waals surface area contributed by atoms with E-state index in [-0.39, 0.29) is 0 Å². The monoisotopic (exact) mass is 316 g/mol. The van der Waals surface area contributed by atoms with Crippen molar-refractivity contribution in [3.05, 3.63) is 44.9 Å². The molecule has 72 valence electrons. The standard InChI is InChI=1S/C9H6Br2N2O/c10-7-4-2-1-3-6(7)5-8-12-9(11)13-14-8/h1-4H,5H2. The van der Waals surface area contributed by atoms with Gasteiger partial charge in [-0.15, -0.1) is 0 Å². The van der Waals surface area contributed by atoms with Gasteiger partial charge in [0.25, 0.3) is 0 Å². The van der Waals surface area contributed by atoms with Crippen LogP contribution in [-0.2, 0) is 6.42 Å². The van der Waals surface area contributed by atoms with E-state index in [1.54, 1.807) is 0 Å². The number of hydrogen-bond donors (Lipinski definition) is 0. The van der Waals surface area contributed by atoms with Crippen molar-refractivity contribution in [3.8, 4) is 0 Å². The molecule has 0 amide bonds. The highest BCUT2D eigenvalue weighted by Crippen LogP contribution is 2.19. The van der Waals surface area contributed by atoms with E-state index in [1.807, 2.05) is 24.3 Å². The minimum absolute atomic E-state index is 0.486. The molecule has 1 heterocycles. The first-order chi connectivity index (χ1) is 6.75. The summed E-state index contributed by atoms with van der Waals surface area (Å²) in [7, 11) is 0. The highest BCUT2D eigenvalue weighted by molar-refractivity contribution is 9.10. The number of rotatable bonds is 2. The van der Waals surface area contributed by atoms with E-state index in [9.17, 15) is 0 Å². The Labute approximate surface area is 97.8 Å². The summed E-state index contributed by atoms with van der Waals surface area (Å²) in [4.78, 5) is 4.07. The quantitative estimate of drug-likeness (QED) is 0.854. The van der Waals surface area contributed by atoms with E-state index >= 15 is 0 Å². The molecule has 14 heavy (non-hydrogen) atoms. The Morgan fingerprint density at radius 3 is 2.64 bits per heavy atom. The fourth-order valence-electron chi connectivity index (χ4n) is 1.11. The summed E-state index contributed by atoms with van der Waals surface area (Å²) in [5, 5.41) is 3.66. The molecule has 0 radical (unpaired) electrons. The van der Waals surface area contributed by atoms with Crippen LogP contribution in [0.25, 0.3) is 0 Å². The molecule has 0 N–H and O–H groups in total. The van der Waals surface area contributed by atoms with E-state index in [1.165, 1.54) is 0 Å². The minimum Gasteiger partial charge on any atom is -0.338 e. The van der Waals surface area contributed by atoms with Crippen LogP contribution in [0.2, 0.25) is 0 Å². The van der Waals surface area contributed by atoms with Crippen LogP contribution in [0.4, 0.5) is 0 Å². The van der Waals surface area contributed by atoms with Crippen molar-refractivity contribution in [2.75, 3.05) is 0 Å². The summed E-state index contributed by atoms with van der Waals surface area (Å²) in [5.74, 6) is 0.601. The van der Waals surface area contributed by atoms with Gasteiger partial charge in [0.2, 0.25) is 10.6 Å². The van der Waals surface area contributed by atoms with E-state index in [0.29, 0.717) is 17.0 Å². The second kappa shape index (κ2) is 4.23. The van der Waals surface area contributed by atoms with Crippen LogP contribution >= 0.6 is 31.9 Å². The third kappa shape index (κ3) is 2.22. The molecule has 2 aromatic rings. The minimum atomic E-state index is 0.486. The Balaban J connectivity index is 2.23. The van der Waals surface area contributed by atoms with Crippen LogP contribution in [0, 0.1) is 0 Å². The van der Waals surface area contributed by atoms with Crippen molar-refractivity contribution in [2.45, 2.75) is 6.42 Å². The maximum Gasteiger partial charge on any atom is 0.238 e. The second-order valence-corrected chi connectivity index (χ2v) is 4.29. The molecule has 0 aliphatic heterocycles. The lowest BCUT2D eigenvalue weighted by Gasteiger charge is -1.98. The van der Waals surface area contributed by atoms with Crippen LogP contribution in [0.15, 0.2) is 38.0 Å². The number of halogens is 2. The Morgan fingerprint density at radius 1 is 1.21 bits per heavy atom. The summed E-state index contributed by atoms with van der Waals surface area (Å²) in [6.07, 6.45) is 0.639. The summed E-state index contributed by atoms with van der Waals surface area (Å²) < 4.78 is 6.53. The summed E-state index contributed by atoms with van der Waals surface area (Å²) in [6, 6.07) is 7.95. The molecule has 0 bridgehead atoms. The number of benzene rings is 1. The van der Waals surface area contributed by atoms with Crippen molar-refractivity contribution in [1.82, 2.24) is 10.1 Å². The van der Waals surface area contributed by atoms with Crippen molar-refractivity contribution >= 4 is 31.9 Å². The van der Waals surface area contributed by atoms with Crippen LogP contribution in [0.1, 0.15) is 11.5 Å². The second-order valence-electron chi connectivity index (χ2n) is 2.73. The molecular formula is C9H6Br2N2O. The summed E-state index contributed by atoms with van der Waals surface area (Å²) in [5.41, 5.74) is 1.13. The molecule has 0 fully saturated rings. The molecule has 1 aromatic heterocycles. The third-order valence-corrected chi connectivity index (χ3v) is 2.84. The topological polar surface area (TPSA) is 38.9 Å². The predicted octanol–water partition coefficient (Wildman–Crippen LogP) is 3.19. The zero-order chi connectivity index (χ0) is 9.97. The molecule has 0 saturated heterocycles. The fourth-order valence-corrected chi connectivity index (χ4v) is 1.81. The van der Waals surface area contributed by atoms with Crippen LogP contribution in [-0.4, -0.2) is 10.1 Å². The molecule has 0 saturated carbocycles. The van der Waals surface area contributed by atoms with Gasteiger partial charge < -0.3 is 4.52 Å². The zero-order valence-electron chi connectivity index (χ0n) is 7.08. The van der Waals surface area contributed by atoms with Gasteiger partial charge in [-0.1, -0.05) is 34.1 Å². The average Bonchev–Trinajstić information content (AvgIpc) is 2.56. The first-order valence-electron chi connectivity index (χ1n) is 3.97. The molecule has 2 rings (SSSR count). The molecule has 1 aromatic carbocycles. The van der Waals surface area contributed by atoms with E-state index in [2.05, 4.69) is 42.0 Å². The number of nitrogens with zero attached hydrogens (tertiary/aromatic N) is 2. The van der Waals surface area contributed by atoms with Gasteiger partial charge in [0, 0.05) is 4.47 Å². The van der Waals surface area contributed by atoms with Gasteiger partial charge in [-0.3, -0.25) is 0 Å². The van der Waals surface area contributed by atoms with Crippen molar-refractivity contribution < 1.29 is 4.52 Å². The highest BCUT2D eigenvalue weighted by atomic mass is 79.9. The molecule has 0 spiro atoms. The first-order valence-corrected chi connectivity index (χ1v) is 5.56. The number of aromatic nitrogens is 2. The molecule has 0 unspecified atom stereocenters. The molecule has 3 nitrogen and oxygen atoms in total. The Morgan fingerprint density at radius 2 is 2.00 bits per heavy atom. The Bertz CT molecular complexity index is 442. The molecule has 0 aliphatic rings. The largest absolute Gasteiger partial charge is 0.338 e. The lowest BCUT2D eigenvalue weighted by molar-refractivity contribution is 0.381. The van der Waals surface area contributed by atoms with Gasteiger partial charge in [0.15, 0.2) is 0 Å². The first kappa shape index (κ1) is 9.86. The predicted molar refractivity (Wildman–Crippen MR) is 58.9 cm³/mol. The average molecular weight is 318 g/mol. The smallest absolute Gasteiger partial charge is 0.238 e. The van der Waals surface area contributed by atoms with Gasteiger partial charge in [0.1, 0.15) is 0 Å². The van der Waals surface area contributed by atoms with E-state index in [4.69, 9.17) is 4.52 Å². The van der Waals surface area contributed by atoms with Gasteiger partial charge in [0.05, 0.1) is 6.42 Å². The zero-order valence-corrected chi connectivity index (χ0v) is 10.2. The molecule has 5 heteroatoms. The maximum absolute atomic E-state index is 4.99. The fraction of sp³-hybridized carbons (Fsp3) is 0.111.